The lowest BCUT2D eigenvalue weighted by Gasteiger charge is -2.16. The zero-order valence-corrected chi connectivity index (χ0v) is 14.9. The molecular formula is C18H17N3O4S. The summed E-state index contributed by atoms with van der Waals surface area (Å²) in [7, 11) is -3.88. The molecule has 0 N–H and O–H groups in total. The highest BCUT2D eigenvalue weighted by atomic mass is 32.2. The standard InChI is InChI=1S/C18H17N3O4S/c1-2-25-17(22)13-21-18(20-19-12-14-8-4-3-5-9-14)15-10-6-7-11-16(15)26(21,23)24/h3-12H,2,13H2,1H3/b19-12+,20-18-. The maximum Gasteiger partial charge on any atom is 0.326 e. The average Bonchev–Trinajstić information content (AvgIpc) is 2.84. The van der Waals surface area contributed by atoms with Gasteiger partial charge in [0.25, 0.3) is 10.0 Å². The third kappa shape index (κ3) is 3.50. The van der Waals surface area contributed by atoms with Crippen LogP contribution in [0.2, 0.25) is 0 Å². The fraction of sp³-hybridized carbons (Fsp3) is 0.167. The summed E-state index contributed by atoms with van der Waals surface area (Å²) in [6, 6.07) is 15.7. The van der Waals surface area contributed by atoms with Crippen LogP contribution in [0.5, 0.6) is 0 Å². The van der Waals surface area contributed by atoms with E-state index < -0.39 is 22.5 Å². The van der Waals surface area contributed by atoms with Crippen LogP contribution in [0.1, 0.15) is 18.1 Å². The Kier molecular flexibility index (Phi) is 5.13. The van der Waals surface area contributed by atoms with Gasteiger partial charge in [0.15, 0.2) is 5.84 Å². The van der Waals surface area contributed by atoms with Gasteiger partial charge >= 0.3 is 5.97 Å². The molecule has 0 amide bonds. The first kappa shape index (κ1) is 17.8. The number of rotatable bonds is 5. The topological polar surface area (TPSA) is 88.4 Å². The third-order valence-electron chi connectivity index (χ3n) is 3.67. The number of esters is 1. The summed E-state index contributed by atoms with van der Waals surface area (Å²) < 4.78 is 31.3. The predicted molar refractivity (Wildman–Crippen MR) is 97.5 cm³/mol. The van der Waals surface area contributed by atoms with Crippen LogP contribution in [-0.4, -0.2) is 43.9 Å². The molecule has 0 spiro atoms. The first-order chi connectivity index (χ1) is 12.5. The van der Waals surface area contributed by atoms with Gasteiger partial charge in [-0.3, -0.25) is 4.79 Å². The molecule has 0 radical (unpaired) electrons. The normalized spacial score (nSPS) is 16.8. The van der Waals surface area contributed by atoms with Crippen molar-refractivity contribution in [3.8, 4) is 0 Å². The molecule has 8 heteroatoms. The van der Waals surface area contributed by atoms with E-state index in [1.54, 1.807) is 25.1 Å². The Morgan fingerprint density at radius 3 is 2.54 bits per heavy atom. The highest BCUT2D eigenvalue weighted by Gasteiger charge is 2.40. The van der Waals surface area contributed by atoms with Crippen molar-refractivity contribution in [3.05, 3.63) is 65.7 Å². The Morgan fingerprint density at radius 2 is 1.81 bits per heavy atom. The number of benzene rings is 2. The number of carbonyl (C=O) groups is 1. The summed E-state index contributed by atoms with van der Waals surface area (Å²) >= 11 is 0. The molecular weight excluding hydrogens is 354 g/mol. The molecule has 0 aromatic heterocycles. The fourth-order valence-electron chi connectivity index (χ4n) is 2.52. The molecule has 0 atom stereocenters. The van der Waals surface area contributed by atoms with Gasteiger partial charge in [-0.2, -0.15) is 5.10 Å². The monoisotopic (exact) mass is 371 g/mol. The molecule has 7 nitrogen and oxygen atoms in total. The Bertz CT molecular complexity index is 969. The minimum Gasteiger partial charge on any atom is -0.465 e. The second kappa shape index (κ2) is 7.49. The first-order valence-electron chi connectivity index (χ1n) is 7.98. The van der Waals surface area contributed by atoms with Crippen LogP contribution in [0.15, 0.2) is 69.7 Å². The van der Waals surface area contributed by atoms with Gasteiger partial charge in [-0.25, -0.2) is 12.7 Å². The number of nitrogens with zero attached hydrogens (tertiary/aromatic N) is 3. The molecule has 1 aliphatic rings. The van der Waals surface area contributed by atoms with Crippen molar-refractivity contribution in [2.45, 2.75) is 11.8 Å². The number of amidine groups is 1. The van der Waals surface area contributed by atoms with Crippen LogP contribution in [0, 0.1) is 0 Å². The number of hydrogen-bond donors (Lipinski definition) is 0. The van der Waals surface area contributed by atoms with Crippen molar-refractivity contribution in [2.24, 2.45) is 10.2 Å². The first-order valence-corrected chi connectivity index (χ1v) is 9.42. The molecule has 1 heterocycles. The Morgan fingerprint density at radius 1 is 1.12 bits per heavy atom. The number of ether oxygens (including phenoxy) is 1. The summed E-state index contributed by atoms with van der Waals surface area (Å²) in [5.41, 5.74) is 1.23. The molecule has 3 rings (SSSR count). The van der Waals surface area contributed by atoms with Gasteiger partial charge in [0.1, 0.15) is 6.54 Å². The third-order valence-corrected chi connectivity index (χ3v) is 5.46. The summed E-state index contributed by atoms with van der Waals surface area (Å²) in [5.74, 6) is -0.551. The number of carbonyl (C=O) groups excluding carboxylic acids is 1. The zero-order chi connectivity index (χ0) is 18.6. The van der Waals surface area contributed by atoms with E-state index in [1.165, 1.54) is 12.3 Å². The molecule has 0 fully saturated rings. The molecule has 2 aromatic rings. The minimum absolute atomic E-state index is 0.0953. The number of sulfonamides is 1. The molecule has 2 aromatic carbocycles. The van der Waals surface area contributed by atoms with Crippen LogP contribution < -0.4 is 0 Å². The molecule has 26 heavy (non-hydrogen) atoms. The quantitative estimate of drug-likeness (QED) is 0.457. The van der Waals surface area contributed by atoms with Gasteiger partial charge in [-0.1, -0.05) is 42.5 Å². The van der Waals surface area contributed by atoms with Crippen molar-refractivity contribution >= 4 is 28.0 Å². The Balaban J connectivity index is 1.99. The van der Waals surface area contributed by atoms with Crippen LogP contribution in [0.25, 0.3) is 0 Å². The lowest BCUT2D eigenvalue weighted by atomic mass is 10.2. The van der Waals surface area contributed by atoms with Crippen LogP contribution in [0.3, 0.4) is 0 Å². The van der Waals surface area contributed by atoms with E-state index in [4.69, 9.17) is 4.74 Å². The molecule has 0 aliphatic carbocycles. The van der Waals surface area contributed by atoms with Gasteiger partial charge in [-0.15, -0.1) is 5.10 Å². The van der Waals surface area contributed by atoms with Gasteiger partial charge in [-0.05, 0) is 24.6 Å². The van der Waals surface area contributed by atoms with E-state index >= 15 is 0 Å². The van der Waals surface area contributed by atoms with Crippen molar-refractivity contribution in [1.82, 2.24) is 4.31 Å². The second-order valence-electron chi connectivity index (χ2n) is 5.39. The van der Waals surface area contributed by atoms with Gasteiger partial charge in [0, 0.05) is 5.56 Å². The highest BCUT2D eigenvalue weighted by molar-refractivity contribution is 7.90. The van der Waals surface area contributed by atoms with Crippen LogP contribution in [0.4, 0.5) is 0 Å². The molecule has 1 aliphatic heterocycles. The van der Waals surface area contributed by atoms with Crippen molar-refractivity contribution in [2.75, 3.05) is 13.2 Å². The number of hydrogen-bond acceptors (Lipinski definition) is 6. The van der Waals surface area contributed by atoms with E-state index in [0.717, 1.165) is 9.87 Å². The SMILES string of the molecule is CCOC(=O)CN1/C(=N\N=C\c2ccccc2)c2ccccc2S1(=O)=O. The van der Waals surface area contributed by atoms with E-state index in [1.807, 2.05) is 30.3 Å². The largest absolute Gasteiger partial charge is 0.465 e. The van der Waals surface area contributed by atoms with Crippen molar-refractivity contribution in [1.29, 1.82) is 0 Å². The molecule has 134 valence electrons. The molecule has 0 unspecified atom stereocenters. The predicted octanol–water partition coefficient (Wildman–Crippen LogP) is 2.03. The smallest absolute Gasteiger partial charge is 0.326 e. The Hall–Kier alpha value is -3.00. The van der Waals surface area contributed by atoms with E-state index in [2.05, 4.69) is 10.2 Å². The maximum atomic E-state index is 12.8. The highest BCUT2D eigenvalue weighted by Crippen LogP contribution is 2.30. The van der Waals surface area contributed by atoms with E-state index in [-0.39, 0.29) is 17.3 Å². The summed E-state index contributed by atoms with van der Waals surface area (Å²) in [4.78, 5) is 12.0. The lowest BCUT2D eigenvalue weighted by Crippen LogP contribution is -2.36. The second-order valence-corrected chi connectivity index (χ2v) is 7.22. The lowest BCUT2D eigenvalue weighted by molar-refractivity contribution is -0.142. The van der Waals surface area contributed by atoms with Crippen molar-refractivity contribution in [3.63, 3.8) is 0 Å². The van der Waals surface area contributed by atoms with E-state index in [0.29, 0.717) is 5.56 Å². The zero-order valence-electron chi connectivity index (χ0n) is 14.1. The average molecular weight is 371 g/mol. The van der Waals surface area contributed by atoms with Gasteiger partial charge in [0.2, 0.25) is 0 Å². The fourth-order valence-corrected chi connectivity index (χ4v) is 4.08. The number of fused-ring (bicyclic) bond motifs is 1. The van der Waals surface area contributed by atoms with Gasteiger partial charge in [0.05, 0.1) is 17.7 Å². The molecule has 0 saturated carbocycles. The summed E-state index contributed by atoms with van der Waals surface area (Å²) in [6.45, 7) is 1.37. The Labute approximate surface area is 151 Å². The van der Waals surface area contributed by atoms with Crippen molar-refractivity contribution < 1.29 is 17.9 Å². The minimum atomic E-state index is -3.88. The van der Waals surface area contributed by atoms with E-state index in [9.17, 15) is 13.2 Å². The van der Waals surface area contributed by atoms with Gasteiger partial charge < -0.3 is 4.74 Å². The molecule has 0 saturated heterocycles. The van der Waals surface area contributed by atoms with Crippen LogP contribution in [-0.2, 0) is 19.6 Å². The summed E-state index contributed by atoms with van der Waals surface area (Å²) in [5, 5.41) is 8.07. The molecule has 0 bridgehead atoms. The maximum absolute atomic E-state index is 12.8. The summed E-state index contributed by atoms with van der Waals surface area (Å²) in [6.07, 6.45) is 1.52. The van der Waals surface area contributed by atoms with Crippen LogP contribution >= 0.6 is 0 Å².